The Bertz CT molecular complexity index is 931. The highest BCUT2D eigenvalue weighted by atomic mass is 16.6. The van der Waals surface area contributed by atoms with E-state index in [1.807, 2.05) is 0 Å². The third-order valence-electron chi connectivity index (χ3n) is 12.5. The van der Waals surface area contributed by atoms with Crippen molar-refractivity contribution in [3.8, 4) is 0 Å². The van der Waals surface area contributed by atoms with E-state index in [1.54, 1.807) is 0 Å². The second-order valence-corrected chi connectivity index (χ2v) is 19.8. The van der Waals surface area contributed by atoms with Crippen molar-refractivity contribution in [3.63, 3.8) is 0 Å². The van der Waals surface area contributed by atoms with Crippen LogP contribution >= 0.6 is 0 Å². The summed E-state index contributed by atoms with van der Waals surface area (Å²) >= 11 is 0. The molecule has 0 aliphatic rings. The van der Waals surface area contributed by atoms with E-state index in [2.05, 4.69) is 34.6 Å². The van der Waals surface area contributed by atoms with Crippen LogP contribution in [0.1, 0.15) is 304 Å². The lowest BCUT2D eigenvalue weighted by Crippen LogP contribution is -2.30. The Balaban J connectivity index is 4.24. The van der Waals surface area contributed by atoms with Gasteiger partial charge in [0.2, 0.25) is 0 Å². The van der Waals surface area contributed by atoms with E-state index < -0.39 is 6.10 Å². The predicted octanol–water partition coefficient (Wildman–Crippen LogP) is 17.7. The number of hydrogen-bond acceptors (Lipinski definition) is 6. The molecule has 6 nitrogen and oxygen atoms in total. The Morgan fingerprint density at radius 1 is 0.311 bits per heavy atom. The summed E-state index contributed by atoms with van der Waals surface area (Å²) in [5.74, 6) is 0.840. The van der Waals surface area contributed by atoms with Crippen LogP contribution in [0.25, 0.3) is 0 Å². The Kier molecular flexibility index (Phi) is 46.6. The molecule has 0 rings (SSSR count). The molecule has 0 heterocycles. The molecule has 362 valence electrons. The summed E-state index contributed by atoms with van der Waals surface area (Å²) < 4.78 is 16.8. The standard InChI is InChI=1S/C55H106O6/c1-6-7-8-9-10-11-25-32-37-42-47-55(58)61-52(49-60-54(57)46-41-36-31-27-22-18-14-16-20-24-29-34-39-44-51(4)5)48-59-53(56)45-40-35-30-26-21-17-13-12-15-19-23-28-33-38-43-50(2)3/h50-52H,6-49H2,1-5H3/t52-/m0/s1. The first-order chi connectivity index (χ1) is 29.7. The predicted molar refractivity (Wildman–Crippen MR) is 261 cm³/mol. The highest BCUT2D eigenvalue weighted by molar-refractivity contribution is 5.71. The molecule has 0 amide bonds. The number of carbonyl (C=O) groups is 3. The first-order valence-corrected chi connectivity index (χ1v) is 27.2. The van der Waals surface area contributed by atoms with Gasteiger partial charge in [0.25, 0.3) is 0 Å². The van der Waals surface area contributed by atoms with Crippen LogP contribution in [-0.4, -0.2) is 37.2 Å². The molecule has 0 spiro atoms. The van der Waals surface area contributed by atoms with Gasteiger partial charge in [-0.2, -0.15) is 0 Å². The molecule has 0 aromatic carbocycles. The van der Waals surface area contributed by atoms with E-state index in [0.717, 1.165) is 69.6 Å². The summed E-state index contributed by atoms with van der Waals surface area (Å²) in [6.07, 6.45) is 49.5. The Labute approximate surface area is 380 Å². The zero-order chi connectivity index (χ0) is 44.7. The molecule has 6 heteroatoms. The minimum Gasteiger partial charge on any atom is -0.462 e. The maximum absolute atomic E-state index is 12.8. The fraction of sp³-hybridized carbons (Fsp3) is 0.945. The molecular formula is C55H106O6. The highest BCUT2D eigenvalue weighted by Gasteiger charge is 2.19. The lowest BCUT2D eigenvalue weighted by molar-refractivity contribution is -0.167. The number of rotatable bonds is 49. The smallest absolute Gasteiger partial charge is 0.306 e. The topological polar surface area (TPSA) is 78.9 Å². The van der Waals surface area contributed by atoms with Crippen molar-refractivity contribution in [1.82, 2.24) is 0 Å². The summed E-state index contributed by atoms with van der Waals surface area (Å²) in [7, 11) is 0. The molecular weight excluding hydrogens is 757 g/mol. The minimum atomic E-state index is -0.761. The first kappa shape index (κ1) is 59.4. The van der Waals surface area contributed by atoms with Gasteiger partial charge in [-0.15, -0.1) is 0 Å². The normalized spacial score (nSPS) is 12.0. The molecule has 61 heavy (non-hydrogen) atoms. The Morgan fingerprint density at radius 3 is 0.803 bits per heavy atom. The summed E-state index contributed by atoms with van der Waals surface area (Å²) in [5.41, 5.74) is 0. The van der Waals surface area contributed by atoms with E-state index in [0.29, 0.717) is 19.3 Å². The van der Waals surface area contributed by atoms with Crippen molar-refractivity contribution < 1.29 is 28.6 Å². The van der Waals surface area contributed by atoms with Gasteiger partial charge in [-0.1, -0.05) is 266 Å². The molecule has 0 radical (unpaired) electrons. The SMILES string of the molecule is CCCCCCCCCCCCC(=O)O[C@@H](COC(=O)CCCCCCCCCCCCCCCCC(C)C)COC(=O)CCCCCCCCCCCCCCCC(C)C. The van der Waals surface area contributed by atoms with E-state index >= 15 is 0 Å². The number of ether oxygens (including phenoxy) is 3. The van der Waals surface area contributed by atoms with Crippen LogP contribution in [0.15, 0.2) is 0 Å². The van der Waals surface area contributed by atoms with Gasteiger partial charge < -0.3 is 14.2 Å². The van der Waals surface area contributed by atoms with Crippen molar-refractivity contribution in [2.24, 2.45) is 11.8 Å². The fourth-order valence-corrected chi connectivity index (χ4v) is 8.34. The van der Waals surface area contributed by atoms with Gasteiger partial charge in [-0.3, -0.25) is 14.4 Å². The summed E-state index contributed by atoms with van der Waals surface area (Å²) in [5, 5.41) is 0. The number of carbonyl (C=O) groups excluding carboxylic acids is 3. The minimum absolute atomic E-state index is 0.0632. The van der Waals surface area contributed by atoms with Crippen molar-refractivity contribution >= 4 is 17.9 Å². The van der Waals surface area contributed by atoms with Gasteiger partial charge in [0.1, 0.15) is 13.2 Å². The van der Waals surface area contributed by atoms with Crippen LogP contribution in [0.2, 0.25) is 0 Å². The second-order valence-electron chi connectivity index (χ2n) is 19.8. The van der Waals surface area contributed by atoms with Crippen LogP contribution in [0, 0.1) is 11.8 Å². The van der Waals surface area contributed by atoms with Gasteiger partial charge in [0.15, 0.2) is 6.10 Å². The van der Waals surface area contributed by atoms with Crippen molar-refractivity contribution in [1.29, 1.82) is 0 Å². The maximum atomic E-state index is 12.8. The number of unbranched alkanes of at least 4 members (excludes halogenated alkanes) is 34. The summed E-state index contributed by atoms with van der Waals surface area (Å²) in [4.78, 5) is 38.0. The zero-order valence-electron chi connectivity index (χ0n) is 41.8. The number of esters is 3. The largest absolute Gasteiger partial charge is 0.462 e. The molecule has 0 bridgehead atoms. The average molecular weight is 863 g/mol. The van der Waals surface area contributed by atoms with Crippen LogP contribution in [0.3, 0.4) is 0 Å². The maximum Gasteiger partial charge on any atom is 0.306 e. The molecule has 0 aromatic heterocycles. The van der Waals surface area contributed by atoms with Crippen molar-refractivity contribution in [3.05, 3.63) is 0 Å². The average Bonchev–Trinajstić information content (AvgIpc) is 3.23. The third-order valence-corrected chi connectivity index (χ3v) is 12.5. The van der Waals surface area contributed by atoms with Gasteiger partial charge >= 0.3 is 17.9 Å². The van der Waals surface area contributed by atoms with E-state index in [1.165, 1.54) is 193 Å². The molecule has 0 unspecified atom stereocenters. The van der Waals surface area contributed by atoms with Crippen LogP contribution in [0.4, 0.5) is 0 Å². The number of hydrogen-bond donors (Lipinski definition) is 0. The van der Waals surface area contributed by atoms with Gasteiger partial charge in [0.05, 0.1) is 0 Å². The van der Waals surface area contributed by atoms with Crippen LogP contribution in [-0.2, 0) is 28.6 Å². The van der Waals surface area contributed by atoms with Crippen molar-refractivity contribution in [2.45, 2.75) is 310 Å². The first-order valence-electron chi connectivity index (χ1n) is 27.2. The molecule has 0 fully saturated rings. The monoisotopic (exact) mass is 863 g/mol. The zero-order valence-corrected chi connectivity index (χ0v) is 41.8. The molecule has 0 aliphatic heterocycles. The Morgan fingerprint density at radius 2 is 0.541 bits per heavy atom. The van der Waals surface area contributed by atoms with Gasteiger partial charge in [0, 0.05) is 19.3 Å². The van der Waals surface area contributed by atoms with Gasteiger partial charge in [-0.25, -0.2) is 0 Å². The molecule has 1 atom stereocenters. The molecule has 0 aliphatic carbocycles. The molecule has 0 N–H and O–H groups in total. The Hall–Kier alpha value is -1.59. The summed E-state index contributed by atoms with van der Waals surface area (Å²) in [6.45, 7) is 11.4. The molecule has 0 aromatic rings. The molecule has 0 saturated heterocycles. The van der Waals surface area contributed by atoms with E-state index in [-0.39, 0.29) is 31.1 Å². The van der Waals surface area contributed by atoms with Crippen LogP contribution < -0.4 is 0 Å². The lowest BCUT2D eigenvalue weighted by Gasteiger charge is -2.18. The van der Waals surface area contributed by atoms with Crippen molar-refractivity contribution in [2.75, 3.05) is 13.2 Å². The fourth-order valence-electron chi connectivity index (χ4n) is 8.34. The highest BCUT2D eigenvalue weighted by Crippen LogP contribution is 2.18. The summed E-state index contributed by atoms with van der Waals surface area (Å²) in [6, 6.07) is 0. The quantitative estimate of drug-likeness (QED) is 0.0344. The van der Waals surface area contributed by atoms with E-state index in [9.17, 15) is 14.4 Å². The second kappa shape index (κ2) is 47.9. The third kappa shape index (κ3) is 49.3. The van der Waals surface area contributed by atoms with Gasteiger partial charge in [-0.05, 0) is 31.1 Å². The van der Waals surface area contributed by atoms with E-state index in [4.69, 9.17) is 14.2 Å². The van der Waals surface area contributed by atoms with Crippen LogP contribution in [0.5, 0.6) is 0 Å². The lowest BCUT2D eigenvalue weighted by atomic mass is 10.0. The molecule has 0 saturated carbocycles.